The largest absolute Gasteiger partial charge is 0.372 e. The number of halogens is 1. The van der Waals surface area contributed by atoms with E-state index in [0.29, 0.717) is 6.10 Å². The van der Waals surface area contributed by atoms with Gasteiger partial charge < -0.3 is 14.5 Å². The van der Waals surface area contributed by atoms with Gasteiger partial charge in [-0.15, -0.1) is 11.3 Å². The molecule has 0 saturated carbocycles. The molecule has 3 aromatic rings. The normalized spacial score (nSPS) is 20.9. The van der Waals surface area contributed by atoms with Crippen LogP contribution < -0.4 is 9.80 Å². The Morgan fingerprint density at radius 3 is 2.75 bits per heavy atom. The summed E-state index contributed by atoms with van der Waals surface area (Å²) >= 11 is 7.80. The monoisotopic (exact) mass is 415 g/mol. The van der Waals surface area contributed by atoms with Crippen molar-refractivity contribution in [1.29, 1.82) is 0 Å². The Hall–Kier alpha value is -1.73. The molecule has 1 atom stereocenters. The van der Waals surface area contributed by atoms with Crippen molar-refractivity contribution in [3.63, 3.8) is 0 Å². The van der Waals surface area contributed by atoms with Crippen LogP contribution in [0.25, 0.3) is 20.7 Å². The van der Waals surface area contributed by atoms with E-state index in [9.17, 15) is 0 Å². The lowest BCUT2D eigenvalue weighted by atomic mass is 10.2. The van der Waals surface area contributed by atoms with Crippen LogP contribution in [0.4, 0.5) is 5.82 Å². The Kier molecular flexibility index (Phi) is 5.20. The number of anilines is 1. The summed E-state index contributed by atoms with van der Waals surface area (Å²) in [7, 11) is 0. The molecule has 4 heterocycles. The standard InChI is InChI=1S/C21H23ClN4OS/c22-16-5-3-15(4-6-16)19-12-18-20(28-19)21(24-14-23-18)26-9-7-25(8-10-26)13-17-2-1-11-27-17/h3-6,12,14,17H,1-2,7-11,13H2/p+1/t17-/m0/s1. The van der Waals surface area contributed by atoms with E-state index in [4.69, 9.17) is 16.3 Å². The van der Waals surface area contributed by atoms with Gasteiger partial charge in [-0.1, -0.05) is 23.7 Å². The predicted molar refractivity (Wildman–Crippen MR) is 115 cm³/mol. The third-order valence-corrected chi connectivity index (χ3v) is 7.15. The molecule has 2 fully saturated rings. The second kappa shape index (κ2) is 7.95. The first kappa shape index (κ1) is 18.3. The lowest BCUT2D eigenvalue weighted by Gasteiger charge is -2.33. The van der Waals surface area contributed by atoms with Crippen LogP contribution in [-0.2, 0) is 4.74 Å². The number of nitrogens with one attached hydrogen (secondary N) is 1. The predicted octanol–water partition coefficient (Wildman–Crippen LogP) is 2.90. The minimum absolute atomic E-state index is 0.464. The maximum absolute atomic E-state index is 6.03. The molecular formula is C21H24ClN4OS+. The average Bonchev–Trinajstić information content (AvgIpc) is 3.38. The fourth-order valence-corrected chi connectivity index (χ4v) is 5.45. The molecule has 0 aliphatic carbocycles. The Bertz CT molecular complexity index is 947. The molecule has 5 rings (SSSR count). The van der Waals surface area contributed by atoms with Gasteiger partial charge >= 0.3 is 0 Å². The number of benzene rings is 1. The quantitative estimate of drug-likeness (QED) is 0.711. The second-order valence-electron chi connectivity index (χ2n) is 7.61. The molecule has 1 N–H and O–H groups in total. The minimum Gasteiger partial charge on any atom is -0.372 e. The fraction of sp³-hybridized carbons (Fsp3) is 0.429. The van der Waals surface area contributed by atoms with E-state index in [0.717, 1.165) is 55.7 Å². The highest BCUT2D eigenvalue weighted by Crippen LogP contribution is 2.37. The van der Waals surface area contributed by atoms with Crippen LogP contribution in [-0.4, -0.2) is 55.4 Å². The number of thiophene rings is 1. The van der Waals surface area contributed by atoms with Crippen LogP contribution in [0.5, 0.6) is 0 Å². The Morgan fingerprint density at radius 2 is 2.00 bits per heavy atom. The van der Waals surface area contributed by atoms with Crippen molar-refractivity contribution in [2.75, 3.05) is 44.2 Å². The van der Waals surface area contributed by atoms with Gasteiger partial charge in [-0.2, -0.15) is 0 Å². The van der Waals surface area contributed by atoms with Gasteiger partial charge in [0.25, 0.3) is 0 Å². The summed E-state index contributed by atoms with van der Waals surface area (Å²) in [5, 5.41) is 0.758. The zero-order valence-corrected chi connectivity index (χ0v) is 17.3. The van der Waals surface area contributed by atoms with Gasteiger partial charge in [0.1, 0.15) is 24.8 Å². The number of rotatable bonds is 4. The van der Waals surface area contributed by atoms with Crippen molar-refractivity contribution < 1.29 is 9.64 Å². The summed E-state index contributed by atoms with van der Waals surface area (Å²) in [5.41, 5.74) is 2.19. The van der Waals surface area contributed by atoms with E-state index in [1.807, 2.05) is 12.1 Å². The summed E-state index contributed by atoms with van der Waals surface area (Å²) in [6.45, 7) is 6.43. The Labute approximate surface area is 173 Å². The Morgan fingerprint density at radius 1 is 1.18 bits per heavy atom. The molecule has 2 aromatic heterocycles. The summed E-state index contributed by atoms with van der Waals surface area (Å²) in [6, 6.07) is 10.2. The first-order valence-corrected chi connectivity index (χ1v) is 11.2. The van der Waals surface area contributed by atoms with Crippen LogP contribution in [0.1, 0.15) is 12.8 Å². The zero-order valence-electron chi connectivity index (χ0n) is 15.7. The van der Waals surface area contributed by atoms with Crippen molar-refractivity contribution in [2.24, 2.45) is 0 Å². The molecule has 7 heteroatoms. The van der Waals surface area contributed by atoms with Crippen LogP contribution in [0.15, 0.2) is 36.7 Å². The molecule has 0 spiro atoms. The molecule has 0 radical (unpaired) electrons. The Balaban J connectivity index is 1.34. The number of aromatic nitrogens is 2. The summed E-state index contributed by atoms with van der Waals surface area (Å²) in [6.07, 6.45) is 4.60. The van der Waals surface area contributed by atoms with Crippen molar-refractivity contribution in [3.05, 3.63) is 41.7 Å². The number of hydrogen-bond acceptors (Lipinski definition) is 5. The molecule has 2 saturated heterocycles. The molecule has 2 aliphatic heterocycles. The third kappa shape index (κ3) is 3.74. The number of hydrogen-bond donors (Lipinski definition) is 1. The van der Waals surface area contributed by atoms with Gasteiger partial charge in [-0.05, 0) is 36.6 Å². The molecule has 146 valence electrons. The van der Waals surface area contributed by atoms with Gasteiger partial charge in [0.05, 0.1) is 36.4 Å². The summed E-state index contributed by atoms with van der Waals surface area (Å²) in [5.74, 6) is 1.08. The smallest absolute Gasteiger partial charge is 0.150 e. The maximum Gasteiger partial charge on any atom is 0.150 e. The highest BCUT2D eigenvalue weighted by Gasteiger charge is 2.27. The van der Waals surface area contributed by atoms with Crippen molar-refractivity contribution in [3.8, 4) is 10.4 Å². The SMILES string of the molecule is Clc1ccc(-c2cc3ncnc(N4CC[NH+](C[C@@H]5CCCO5)CC4)c3s2)cc1. The van der Waals surface area contributed by atoms with E-state index in [1.165, 1.54) is 28.0 Å². The van der Waals surface area contributed by atoms with Crippen molar-refractivity contribution in [1.82, 2.24) is 9.97 Å². The van der Waals surface area contributed by atoms with Gasteiger partial charge in [0.2, 0.25) is 0 Å². The average molecular weight is 416 g/mol. The minimum atomic E-state index is 0.464. The lowest BCUT2D eigenvalue weighted by molar-refractivity contribution is -0.903. The summed E-state index contributed by atoms with van der Waals surface area (Å²) < 4.78 is 6.99. The first-order chi connectivity index (χ1) is 13.8. The first-order valence-electron chi connectivity index (χ1n) is 9.97. The van der Waals surface area contributed by atoms with Gasteiger partial charge in [-0.25, -0.2) is 9.97 Å². The number of nitrogens with zero attached hydrogens (tertiary/aromatic N) is 3. The molecule has 2 aliphatic rings. The second-order valence-corrected chi connectivity index (χ2v) is 9.09. The van der Waals surface area contributed by atoms with Crippen LogP contribution in [0, 0.1) is 0 Å². The van der Waals surface area contributed by atoms with E-state index < -0.39 is 0 Å². The van der Waals surface area contributed by atoms with Crippen LogP contribution >= 0.6 is 22.9 Å². The number of ether oxygens (including phenoxy) is 1. The molecule has 0 bridgehead atoms. The lowest BCUT2D eigenvalue weighted by Crippen LogP contribution is -3.15. The van der Waals surface area contributed by atoms with Gasteiger partial charge in [-0.3, -0.25) is 0 Å². The molecule has 0 amide bonds. The number of piperazine rings is 1. The highest BCUT2D eigenvalue weighted by molar-refractivity contribution is 7.22. The molecule has 28 heavy (non-hydrogen) atoms. The molecule has 1 aromatic carbocycles. The van der Waals surface area contributed by atoms with Crippen molar-refractivity contribution >= 4 is 39.0 Å². The van der Waals surface area contributed by atoms with E-state index in [-0.39, 0.29) is 0 Å². The third-order valence-electron chi connectivity index (χ3n) is 5.73. The summed E-state index contributed by atoms with van der Waals surface area (Å²) in [4.78, 5) is 14.4. The highest BCUT2D eigenvalue weighted by atomic mass is 35.5. The molecular weight excluding hydrogens is 392 g/mol. The number of quaternary nitrogens is 1. The van der Waals surface area contributed by atoms with E-state index >= 15 is 0 Å². The van der Waals surface area contributed by atoms with E-state index in [1.54, 1.807) is 22.6 Å². The topological polar surface area (TPSA) is 42.7 Å². The molecule has 0 unspecified atom stereocenters. The van der Waals surface area contributed by atoms with Gasteiger partial charge in [0, 0.05) is 16.5 Å². The fourth-order valence-electron chi connectivity index (χ4n) is 4.19. The van der Waals surface area contributed by atoms with Gasteiger partial charge in [0.15, 0.2) is 0 Å². The van der Waals surface area contributed by atoms with Crippen LogP contribution in [0.2, 0.25) is 5.02 Å². The maximum atomic E-state index is 6.03. The zero-order chi connectivity index (χ0) is 18.9. The van der Waals surface area contributed by atoms with Crippen molar-refractivity contribution in [2.45, 2.75) is 18.9 Å². The van der Waals surface area contributed by atoms with Crippen LogP contribution in [0.3, 0.4) is 0 Å². The van der Waals surface area contributed by atoms with E-state index in [2.05, 4.69) is 33.1 Å². The molecule has 5 nitrogen and oxygen atoms in total. The number of fused-ring (bicyclic) bond motifs is 1.